The van der Waals surface area contributed by atoms with Gasteiger partial charge < -0.3 is 0 Å². The van der Waals surface area contributed by atoms with E-state index in [4.69, 9.17) is 0 Å². The molecule has 1 amide bonds. The second-order valence-corrected chi connectivity index (χ2v) is 2.03. The number of aromatic nitrogens is 1. The molecule has 4 heteroatoms. The van der Waals surface area contributed by atoms with Gasteiger partial charge in [-0.3, -0.25) is 9.78 Å². The molecule has 0 atom stereocenters. The summed E-state index contributed by atoms with van der Waals surface area (Å²) in [5.74, 6) is -0.192. The first kappa shape index (κ1) is 7.88. The lowest BCUT2D eigenvalue weighted by Gasteiger charge is -1.89. The Balaban J connectivity index is 0.000000605. The van der Waals surface area contributed by atoms with Gasteiger partial charge >= 0.3 is 0 Å². The van der Waals surface area contributed by atoms with E-state index in [2.05, 4.69) is 9.98 Å². The topological polar surface area (TPSA) is 42.3 Å². The summed E-state index contributed by atoms with van der Waals surface area (Å²) in [5.41, 5.74) is 1.46. The SMILES string of the molecule is Cl.O=C1N=Cc2ccncc21. The number of hydrogen-bond donors (Lipinski definition) is 0. The third-order valence-corrected chi connectivity index (χ3v) is 1.41. The van der Waals surface area contributed by atoms with Crippen molar-refractivity contribution in [2.24, 2.45) is 4.99 Å². The summed E-state index contributed by atoms with van der Waals surface area (Å²) in [6.07, 6.45) is 4.73. The maximum atomic E-state index is 10.8. The highest BCUT2D eigenvalue weighted by molar-refractivity contribution is 6.12. The molecule has 2 heterocycles. The third-order valence-electron chi connectivity index (χ3n) is 1.41. The second-order valence-electron chi connectivity index (χ2n) is 2.03. The van der Waals surface area contributed by atoms with Gasteiger partial charge in [0, 0.05) is 24.2 Å². The number of nitrogens with zero attached hydrogens (tertiary/aromatic N) is 2. The molecule has 3 nitrogen and oxygen atoms in total. The lowest BCUT2D eigenvalue weighted by Crippen LogP contribution is -1.91. The fraction of sp³-hybridized carbons (Fsp3) is 0. The van der Waals surface area contributed by atoms with Gasteiger partial charge in [0.1, 0.15) is 0 Å². The van der Waals surface area contributed by atoms with Crippen molar-refractivity contribution in [2.75, 3.05) is 0 Å². The number of fused-ring (bicyclic) bond motifs is 1. The van der Waals surface area contributed by atoms with Crippen LogP contribution in [-0.2, 0) is 0 Å². The molecule has 0 unspecified atom stereocenters. The van der Waals surface area contributed by atoms with Crippen LogP contribution in [0.2, 0.25) is 0 Å². The maximum Gasteiger partial charge on any atom is 0.279 e. The van der Waals surface area contributed by atoms with E-state index in [1.807, 2.05) is 0 Å². The zero-order chi connectivity index (χ0) is 6.97. The van der Waals surface area contributed by atoms with Crippen LogP contribution in [0.15, 0.2) is 23.5 Å². The molecule has 1 aliphatic heterocycles. The Morgan fingerprint density at radius 1 is 1.36 bits per heavy atom. The Morgan fingerprint density at radius 2 is 2.18 bits per heavy atom. The average molecular weight is 169 g/mol. The Hall–Kier alpha value is -1.22. The lowest BCUT2D eigenvalue weighted by atomic mass is 10.2. The third kappa shape index (κ3) is 1.14. The average Bonchev–Trinajstić information content (AvgIpc) is 2.34. The van der Waals surface area contributed by atoms with Crippen molar-refractivity contribution >= 4 is 24.5 Å². The number of hydrogen-bond acceptors (Lipinski definition) is 2. The maximum absolute atomic E-state index is 10.8. The smallest absolute Gasteiger partial charge is 0.267 e. The van der Waals surface area contributed by atoms with Gasteiger partial charge in [0.05, 0.1) is 5.56 Å². The molecular formula is C7H5ClN2O. The molecule has 11 heavy (non-hydrogen) atoms. The van der Waals surface area contributed by atoms with Gasteiger partial charge in [-0.1, -0.05) is 0 Å². The van der Waals surface area contributed by atoms with E-state index < -0.39 is 0 Å². The van der Waals surface area contributed by atoms with Crippen molar-refractivity contribution in [3.8, 4) is 0 Å². The Morgan fingerprint density at radius 3 is 2.91 bits per heavy atom. The molecule has 56 valence electrons. The summed E-state index contributed by atoms with van der Waals surface area (Å²) in [6.45, 7) is 0. The van der Waals surface area contributed by atoms with E-state index >= 15 is 0 Å². The van der Waals surface area contributed by atoms with E-state index in [0.29, 0.717) is 5.56 Å². The van der Waals surface area contributed by atoms with Crippen LogP contribution >= 0.6 is 12.4 Å². The van der Waals surface area contributed by atoms with Crippen molar-refractivity contribution in [1.82, 2.24) is 4.98 Å². The molecule has 1 aliphatic rings. The molecular weight excluding hydrogens is 164 g/mol. The molecule has 0 radical (unpaired) electrons. The zero-order valence-corrected chi connectivity index (χ0v) is 6.34. The number of carbonyl (C=O) groups is 1. The molecule has 0 saturated heterocycles. The Kier molecular flexibility index (Phi) is 2.01. The van der Waals surface area contributed by atoms with E-state index in [-0.39, 0.29) is 18.3 Å². The van der Waals surface area contributed by atoms with Crippen molar-refractivity contribution in [1.29, 1.82) is 0 Å². The fourth-order valence-electron chi connectivity index (χ4n) is 0.894. The van der Waals surface area contributed by atoms with Crippen LogP contribution in [-0.4, -0.2) is 17.1 Å². The van der Waals surface area contributed by atoms with Crippen LogP contribution in [0.25, 0.3) is 0 Å². The summed E-state index contributed by atoms with van der Waals surface area (Å²) < 4.78 is 0. The Bertz CT molecular complexity index is 322. The minimum atomic E-state index is -0.192. The van der Waals surface area contributed by atoms with Crippen molar-refractivity contribution in [2.45, 2.75) is 0 Å². The highest BCUT2D eigenvalue weighted by Crippen LogP contribution is 2.11. The van der Waals surface area contributed by atoms with Crippen molar-refractivity contribution in [3.05, 3.63) is 29.6 Å². The highest BCUT2D eigenvalue weighted by atomic mass is 35.5. The number of pyridine rings is 1. The highest BCUT2D eigenvalue weighted by Gasteiger charge is 2.13. The Labute approximate surface area is 69.6 Å². The van der Waals surface area contributed by atoms with Crippen LogP contribution in [0.3, 0.4) is 0 Å². The van der Waals surface area contributed by atoms with Gasteiger partial charge in [0.2, 0.25) is 0 Å². The lowest BCUT2D eigenvalue weighted by molar-refractivity contribution is 0.101. The molecule has 0 aliphatic carbocycles. The second kappa shape index (κ2) is 2.80. The predicted octanol–water partition coefficient (Wildman–Crippen LogP) is 1.08. The van der Waals surface area contributed by atoms with Crippen molar-refractivity contribution in [3.63, 3.8) is 0 Å². The quantitative estimate of drug-likeness (QED) is 0.582. The fourth-order valence-corrected chi connectivity index (χ4v) is 0.894. The summed E-state index contributed by atoms with van der Waals surface area (Å²) in [7, 11) is 0. The van der Waals surface area contributed by atoms with Gasteiger partial charge in [-0.25, -0.2) is 4.99 Å². The number of carbonyl (C=O) groups excluding carboxylic acids is 1. The monoisotopic (exact) mass is 168 g/mol. The number of amides is 1. The largest absolute Gasteiger partial charge is 0.279 e. The molecule has 0 aromatic carbocycles. The molecule has 2 rings (SSSR count). The van der Waals surface area contributed by atoms with Crippen LogP contribution < -0.4 is 0 Å². The first-order valence-corrected chi connectivity index (χ1v) is 2.90. The molecule has 0 spiro atoms. The van der Waals surface area contributed by atoms with Crippen LogP contribution in [0.5, 0.6) is 0 Å². The van der Waals surface area contributed by atoms with E-state index in [1.165, 1.54) is 6.20 Å². The van der Waals surface area contributed by atoms with Gasteiger partial charge in [0.15, 0.2) is 0 Å². The number of rotatable bonds is 0. The molecule has 1 aromatic heterocycles. The molecule has 1 aromatic rings. The van der Waals surface area contributed by atoms with Crippen LogP contribution in [0.1, 0.15) is 15.9 Å². The summed E-state index contributed by atoms with van der Waals surface area (Å²) >= 11 is 0. The first-order chi connectivity index (χ1) is 4.88. The van der Waals surface area contributed by atoms with E-state index in [9.17, 15) is 4.79 Å². The van der Waals surface area contributed by atoms with Gasteiger partial charge in [-0.2, -0.15) is 0 Å². The van der Waals surface area contributed by atoms with E-state index in [0.717, 1.165) is 5.56 Å². The van der Waals surface area contributed by atoms with Gasteiger partial charge in [0.25, 0.3) is 5.91 Å². The standard InChI is InChI=1S/C7H4N2O.ClH/c10-7-6-4-8-2-1-5(6)3-9-7;/h1-4H;1H. The molecule has 0 fully saturated rings. The predicted molar refractivity (Wildman–Crippen MR) is 43.4 cm³/mol. The zero-order valence-electron chi connectivity index (χ0n) is 5.52. The molecule has 0 bridgehead atoms. The molecule has 0 N–H and O–H groups in total. The minimum Gasteiger partial charge on any atom is -0.267 e. The normalized spacial score (nSPS) is 12.5. The summed E-state index contributed by atoms with van der Waals surface area (Å²) in [5, 5.41) is 0. The summed E-state index contributed by atoms with van der Waals surface area (Å²) in [4.78, 5) is 18.2. The van der Waals surface area contributed by atoms with Crippen LogP contribution in [0.4, 0.5) is 0 Å². The van der Waals surface area contributed by atoms with Crippen molar-refractivity contribution < 1.29 is 4.79 Å². The van der Waals surface area contributed by atoms with Gasteiger partial charge in [-0.05, 0) is 6.07 Å². The summed E-state index contributed by atoms with van der Waals surface area (Å²) in [6, 6.07) is 1.77. The number of halogens is 1. The van der Waals surface area contributed by atoms with Crippen LogP contribution in [0, 0.1) is 0 Å². The van der Waals surface area contributed by atoms with Gasteiger partial charge in [-0.15, -0.1) is 12.4 Å². The first-order valence-electron chi connectivity index (χ1n) is 2.90. The van der Waals surface area contributed by atoms with E-state index in [1.54, 1.807) is 18.5 Å². The minimum absolute atomic E-state index is 0. The number of aliphatic imine (C=N–C) groups is 1. The molecule has 0 saturated carbocycles.